The van der Waals surface area contributed by atoms with Gasteiger partial charge in [0.25, 0.3) is 5.69 Å². The maximum absolute atomic E-state index is 12.2. The Balaban J connectivity index is 2.18. The van der Waals surface area contributed by atoms with E-state index in [2.05, 4.69) is 10.1 Å². The van der Waals surface area contributed by atoms with Crippen molar-refractivity contribution in [1.82, 2.24) is 4.72 Å². The SMILES string of the molecule is NNc1ccc(S(=O)(=O)NCC2CCSC2)cc1[N+](=O)[O-]. The largest absolute Gasteiger partial charge is 0.318 e. The first-order chi connectivity index (χ1) is 9.94. The summed E-state index contributed by atoms with van der Waals surface area (Å²) in [4.78, 5) is 10.1. The Kier molecular flexibility index (Phi) is 5.04. The van der Waals surface area contributed by atoms with Gasteiger partial charge in [0.1, 0.15) is 5.69 Å². The Bertz CT molecular complexity index is 629. The second-order valence-corrected chi connectivity index (χ2v) is 7.58. The molecule has 1 aliphatic heterocycles. The minimum atomic E-state index is -3.76. The predicted molar refractivity (Wildman–Crippen MR) is 81.5 cm³/mol. The highest BCUT2D eigenvalue weighted by molar-refractivity contribution is 7.99. The van der Waals surface area contributed by atoms with Crippen molar-refractivity contribution >= 4 is 33.2 Å². The van der Waals surface area contributed by atoms with Crippen LogP contribution in [-0.2, 0) is 10.0 Å². The minimum Gasteiger partial charge on any atom is -0.318 e. The topological polar surface area (TPSA) is 127 Å². The molecule has 0 aromatic heterocycles. The van der Waals surface area contributed by atoms with E-state index in [1.165, 1.54) is 12.1 Å². The van der Waals surface area contributed by atoms with Crippen molar-refractivity contribution in [3.05, 3.63) is 28.3 Å². The van der Waals surface area contributed by atoms with E-state index in [1.807, 2.05) is 0 Å². The van der Waals surface area contributed by atoms with Gasteiger partial charge in [0.2, 0.25) is 10.0 Å². The highest BCUT2D eigenvalue weighted by Crippen LogP contribution is 2.27. The standard InChI is InChI=1S/C11H16N4O4S2/c12-14-10-2-1-9(5-11(10)15(16)17)21(18,19)13-6-8-3-4-20-7-8/h1-2,5,8,13-14H,3-4,6-7,12H2. The second kappa shape index (κ2) is 6.60. The molecular weight excluding hydrogens is 316 g/mol. The van der Waals surface area contributed by atoms with E-state index >= 15 is 0 Å². The highest BCUT2D eigenvalue weighted by atomic mass is 32.2. The van der Waals surface area contributed by atoms with Crippen LogP contribution in [0.2, 0.25) is 0 Å². The van der Waals surface area contributed by atoms with Crippen molar-refractivity contribution in [2.24, 2.45) is 11.8 Å². The van der Waals surface area contributed by atoms with Gasteiger partial charge in [0, 0.05) is 12.6 Å². The molecule has 1 aliphatic rings. The first-order valence-corrected chi connectivity index (χ1v) is 8.90. The van der Waals surface area contributed by atoms with Crippen molar-refractivity contribution in [2.75, 3.05) is 23.5 Å². The third kappa shape index (κ3) is 3.84. The van der Waals surface area contributed by atoms with Gasteiger partial charge < -0.3 is 5.43 Å². The van der Waals surface area contributed by atoms with Crippen LogP contribution >= 0.6 is 11.8 Å². The molecule has 1 aromatic rings. The number of nitro groups is 1. The van der Waals surface area contributed by atoms with Gasteiger partial charge in [-0.1, -0.05) is 0 Å². The molecule has 1 unspecified atom stereocenters. The van der Waals surface area contributed by atoms with E-state index in [0.29, 0.717) is 12.5 Å². The van der Waals surface area contributed by atoms with Gasteiger partial charge in [-0.25, -0.2) is 13.1 Å². The molecule has 1 heterocycles. The fourth-order valence-corrected chi connectivity index (χ4v) is 4.43. The number of nitrogens with one attached hydrogen (secondary N) is 2. The van der Waals surface area contributed by atoms with Crippen LogP contribution in [0.25, 0.3) is 0 Å². The third-order valence-corrected chi connectivity index (χ3v) is 5.87. The number of nitro benzene ring substituents is 1. The Morgan fingerprint density at radius 3 is 2.81 bits per heavy atom. The zero-order chi connectivity index (χ0) is 15.5. The maximum Gasteiger partial charge on any atom is 0.294 e. The first-order valence-electron chi connectivity index (χ1n) is 6.26. The third-order valence-electron chi connectivity index (χ3n) is 3.22. The molecular formula is C11H16N4O4S2. The van der Waals surface area contributed by atoms with Crippen LogP contribution in [0.3, 0.4) is 0 Å². The number of anilines is 1. The molecule has 0 radical (unpaired) electrons. The number of thioether (sulfide) groups is 1. The van der Waals surface area contributed by atoms with Gasteiger partial charge in [-0.3, -0.25) is 16.0 Å². The number of hydrazine groups is 1. The molecule has 1 aromatic carbocycles. The lowest BCUT2D eigenvalue weighted by Gasteiger charge is -2.11. The quantitative estimate of drug-likeness (QED) is 0.401. The molecule has 1 saturated heterocycles. The Morgan fingerprint density at radius 2 is 2.24 bits per heavy atom. The van der Waals surface area contributed by atoms with E-state index in [-0.39, 0.29) is 16.3 Å². The van der Waals surface area contributed by atoms with Crippen molar-refractivity contribution < 1.29 is 13.3 Å². The average Bonchev–Trinajstić information content (AvgIpc) is 2.97. The lowest BCUT2D eigenvalue weighted by molar-refractivity contribution is -0.384. The summed E-state index contributed by atoms with van der Waals surface area (Å²) in [6.45, 7) is 0.347. The van der Waals surface area contributed by atoms with Crippen LogP contribution in [0.4, 0.5) is 11.4 Å². The summed E-state index contributed by atoms with van der Waals surface area (Å²) < 4.78 is 26.8. The van der Waals surface area contributed by atoms with Gasteiger partial charge in [0.15, 0.2) is 0 Å². The van der Waals surface area contributed by atoms with Gasteiger partial charge >= 0.3 is 0 Å². The van der Waals surface area contributed by atoms with E-state index in [9.17, 15) is 18.5 Å². The summed E-state index contributed by atoms with van der Waals surface area (Å²) >= 11 is 1.79. The molecule has 4 N–H and O–H groups in total. The lowest BCUT2D eigenvalue weighted by atomic mass is 10.1. The summed E-state index contributed by atoms with van der Waals surface area (Å²) in [7, 11) is -3.76. The number of hydrogen-bond donors (Lipinski definition) is 3. The van der Waals surface area contributed by atoms with Gasteiger partial charge in [-0.15, -0.1) is 0 Å². The zero-order valence-corrected chi connectivity index (χ0v) is 12.7. The van der Waals surface area contributed by atoms with E-state index in [0.717, 1.165) is 24.0 Å². The number of sulfonamides is 1. The molecule has 1 fully saturated rings. The normalized spacial score (nSPS) is 18.6. The number of nitrogens with two attached hydrogens (primary N) is 1. The predicted octanol–water partition coefficient (Wildman–Crippen LogP) is 0.912. The minimum absolute atomic E-state index is 0.0612. The number of nitrogen functional groups attached to an aromatic ring is 1. The van der Waals surface area contributed by atoms with Crippen LogP contribution in [0.1, 0.15) is 6.42 Å². The monoisotopic (exact) mass is 332 g/mol. The number of rotatable bonds is 6. The summed E-state index contributed by atoms with van der Waals surface area (Å²) in [5.41, 5.74) is 1.86. The van der Waals surface area contributed by atoms with E-state index in [4.69, 9.17) is 5.84 Å². The van der Waals surface area contributed by atoms with Crippen LogP contribution in [0, 0.1) is 16.0 Å². The summed E-state index contributed by atoms with van der Waals surface area (Å²) in [5, 5.41) is 10.9. The molecule has 0 bridgehead atoms. The molecule has 0 saturated carbocycles. The number of benzene rings is 1. The fraction of sp³-hybridized carbons (Fsp3) is 0.455. The van der Waals surface area contributed by atoms with Crippen LogP contribution in [0.5, 0.6) is 0 Å². The smallest absolute Gasteiger partial charge is 0.294 e. The van der Waals surface area contributed by atoms with Crippen LogP contribution in [-0.4, -0.2) is 31.4 Å². The highest BCUT2D eigenvalue weighted by Gasteiger charge is 2.23. The van der Waals surface area contributed by atoms with Gasteiger partial charge in [-0.05, 0) is 36.0 Å². The lowest BCUT2D eigenvalue weighted by Crippen LogP contribution is -2.29. The zero-order valence-electron chi connectivity index (χ0n) is 11.1. The van der Waals surface area contributed by atoms with E-state index < -0.39 is 14.9 Å². The van der Waals surface area contributed by atoms with Crippen molar-refractivity contribution in [1.29, 1.82) is 0 Å². The molecule has 8 nitrogen and oxygen atoms in total. The van der Waals surface area contributed by atoms with Crippen molar-refractivity contribution in [3.63, 3.8) is 0 Å². The van der Waals surface area contributed by atoms with Crippen molar-refractivity contribution in [2.45, 2.75) is 11.3 Å². The summed E-state index contributed by atoms with van der Waals surface area (Å²) in [5.74, 6) is 7.44. The second-order valence-electron chi connectivity index (χ2n) is 4.66. The average molecular weight is 332 g/mol. The molecule has 1 atom stereocenters. The fourth-order valence-electron chi connectivity index (χ4n) is 2.01. The molecule has 0 amide bonds. The Hall–Kier alpha value is -1.36. The van der Waals surface area contributed by atoms with Gasteiger partial charge in [0.05, 0.1) is 9.82 Å². The van der Waals surface area contributed by atoms with Crippen molar-refractivity contribution in [3.8, 4) is 0 Å². The summed E-state index contributed by atoms with van der Waals surface area (Å²) in [6.07, 6.45) is 0.976. The van der Waals surface area contributed by atoms with Crippen LogP contribution < -0.4 is 16.0 Å². The molecule has 0 aliphatic carbocycles. The molecule has 0 spiro atoms. The Labute approximate surface area is 126 Å². The summed E-state index contributed by atoms with van der Waals surface area (Å²) in [6, 6.07) is 3.56. The molecule has 116 valence electrons. The van der Waals surface area contributed by atoms with Gasteiger partial charge in [-0.2, -0.15) is 11.8 Å². The Morgan fingerprint density at radius 1 is 1.48 bits per heavy atom. The number of hydrogen-bond acceptors (Lipinski definition) is 7. The van der Waals surface area contributed by atoms with E-state index in [1.54, 1.807) is 11.8 Å². The number of nitrogens with zero attached hydrogens (tertiary/aromatic N) is 1. The molecule has 21 heavy (non-hydrogen) atoms. The first kappa shape index (κ1) is 16.0. The maximum atomic E-state index is 12.2. The molecule has 10 heteroatoms. The van der Waals surface area contributed by atoms with Crippen LogP contribution in [0.15, 0.2) is 23.1 Å². The molecule has 2 rings (SSSR count).